The van der Waals surface area contributed by atoms with Crippen LogP contribution in [0.1, 0.15) is 39.2 Å². The Bertz CT molecular complexity index is 338. The minimum atomic E-state index is 0.955. The van der Waals surface area contributed by atoms with E-state index < -0.39 is 0 Å². The minimum absolute atomic E-state index is 0.955. The van der Waals surface area contributed by atoms with Crippen LogP contribution in [-0.2, 0) is 6.42 Å². The van der Waals surface area contributed by atoms with Crippen LogP contribution in [-0.4, -0.2) is 30.1 Å². The zero-order chi connectivity index (χ0) is 12.7. The van der Waals surface area contributed by atoms with E-state index in [2.05, 4.69) is 48.0 Å². The van der Waals surface area contributed by atoms with Crippen molar-refractivity contribution in [2.75, 3.05) is 30.4 Å². The third-order valence-electron chi connectivity index (χ3n) is 2.74. The van der Waals surface area contributed by atoms with Gasteiger partial charge >= 0.3 is 0 Å². The van der Waals surface area contributed by atoms with Gasteiger partial charge in [-0.15, -0.1) is 0 Å². The van der Waals surface area contributed by atoms with E-state index in [1.54, 1.807) is 6.33 Å². The quantitative estimate of drug-likeness (QED) is 0.790. The standard InChI is InChI=1S/C13H24N4/c1-5-8-14-12-11(7-3)13(16-10-15-12)17(4)9-6-2/h10H,5-9H2,1-4H3,(H,14,15,16). The van der Waals surface area contributed by atoms with E-state index >= 15 is 0 Å². The van der Waals surface area contributed by atoms with Crippen LogP contribution in [0.5, 0.6) is 0 Å². The third-order valence-corrected chi connectivity index (χ3v) is 2.74. The summed E-state index contributed by atoms with van der Waals surface area (Å²) in [6, 6.07) is 0. The Hall–Kier alpha value is -1.32. The van der Waals surface area contributed by atoms with Crippen molar-refractivity contribution >= 4 is 11.6 Å². The lowest BCUT2D eigenvalue weighted by Gasteiger charge is -2.21. The van der Waals surface area contributed by atoms with Crippen molar-refractivity contribution in [2.24, 2.45) is 0 Å². The normalized spacial score (nSPS) is 10.4. The fourth-order valence-corrected chi connectivity index (χ4v) is 1.89. The number of nitrogens with one attached hydrogen (secondary N) is 1. The van der Waals surface area contributed by atoms with E-state index in [0.717, 1.165) is 44.0 Å². The molecule has 1 rings (SSSR count). The highest BCUT2D eigenvalue weighted by Gasteiger charge is 2.12. The SMILES string of the molecule is CCCNc1ncnc(N(C)CCC)c1CC. The molecule has 0 aliphatic rings. The fraction of sp³-hybridized carbons (Fsp3) is 0.692. The van der Waals surface area contributed by atoms with E-state index in [1.807, 2.05) is 0 Å². The molecule has 0 spiro atoms. The van der Waals surface area contributed by atoms with Crippen LogP contribution in [0, 0.1) is 0 Å². The molecular formula is C13H24N4. The lowest BCUT2D eigenvalue weighted by molar-refractivity contribution is 0.822. The third kappa shape index (κ3) is 3.58. The van der Waals surface area contributed by atoms with E-state index in [-0.39, 0.29) is 0 Å². The molecule has 4 nitrogen and oxygen atoms in total. The number of hydrogen-bond donors (Lipinski definition) is 1. The van der Waals surface area contributed by atoms with Crippen LogP contribution in [0.25, 0.3) is 0 Å². The predicted octanol–water partition coefficient (Wildman–Crippen LogP) is 2.71. The molecule has 0 atom stereocenters. The van der Waals surface area contributed by atoms with Crippen molar-refractivity contribution in [1.29, 1.82) is 0 Å². The van der Waals surface area contributed by atoms with Crippen molar-refractivity contribution < 1.29 is 0 Å². The Kier molecular flexibility index (Phi) is 5.73. The Morgan fingerprint density at radius 2 is 1.94 bits per heavy atom. The lowest BCUT2D eigenvalue weighted by atomic mass is 10.2. The van der Waals surface area contributed by atoms with Crippen molar-refractivity contribution in [3.05, 3.63) is 11.9 Å². The molecule has 1 aromatic heterocycles. The van der Waals surface area contributed by atoms with Gasteiger partial charge in [0.15, 0.2) is 0 Å². The second-order valence-electron chi connectivity index (χ2n) is 4.23. The summed E-state index contributed by atoms with van der Waals surface area (Å²) in [5, 5.41) is 3.37. The second-order valence-corrected chi connectivity index (χ2v) is 4.23. The van der Waals surface area contributed by atoms with Gasteiger partial charge in [-0.1, -0.05) is 20.8 Å². The number of nitrogens with zero attached hydrogens (tertiary/aromatic N) is 3. The zero-order valence-corrected chi connectivity index (χ0v) is 11.5. The number of anilines is 2. The highest BCUT2D eigenvalue weighted by atomic mass is 15.2. The molecule has 1 N–H and O–H groups in total. The van der Waals surface area contributed by atoms with Gasteiger partial charge in [-0.05, 0) is 19.3 Å². The Balaban J connectivity index is 2.96. The molecule has 0 aliphatic heterocycles. The molecule has 96 valence electrons. The fourth-order valence-electron chi connectivity index (χ4n) is 1.89. The molecule has 0 radical (unpaired) electrons. The minimum Gasteiger partial charge on any atom is -0.370 e. The van der Waals surface area contributed by atoms with Gasteiger partial charge in [0.1, 0.15) is 18.0 Å². The van der Waals surface area contributed by atoms with Gasteiger partial charge in [0.05, 0.1) is 0 Å². The number of rotatable bonds is 7. The van der Waals surface area contributed by atoms with Gasteiger partial charge in [-0.3, -0.25) is 0 Å². The smallest absolute Gasteiger partial charge is 0.137 e. The van der Waals surface area contributed by atoms with Gasteiger partial charge in [-0.25, -0.2) is 9.97 Å². The topological polar surface area (TPSA) is 41.1 Å². The molecule has 0 aromatic carbocycles. The molecule has 1 aromatic rings. The Morgan fingerprint density at radius 3 is 2.53 bits per heavy atom. The summed E-state index contributed by atoms with van der Waals surface area (Å²) in [5.74, 6) is 2.05. The molecule has 4 heteroatoms. The molecule has 0 unspecified atom stereocenters. The highest BCUT2D eigenvalue weighted by Crippen LogP contribution is 2.23. The number of hydrogen-bond acceptors (Lipinski definition) is 4. The van der Waals surface area contributed by atoms with Crippen molar-refractivity contribution in [3.8, 4) is 0 Å². The van der Waals surface area contributed by atoms with E-state index in [1.165, 1.54) is 5.56 Å². The molecule has 0 amide bonds. The molecule has 0 bridgehead atoms. The van der Waals surface area contributed by atoms with Crippen LogP contribution in [0.3, 0.4) is 0 Å². The van der Waals surface area contributed by atoms with E-state index in [9.17, 15) is 0 Å². The first-order valence-electron chi connectivity index (χ1n) is 6.53. The van der Waals surface area contributed by atoms with E-state index in [4.69, 9.17) is 0 Å². The van der Waals surface area contributed by atoms with Crippen LogP contribution >= 0.6 is 0 Å². The summed E-state index contributed by atoms with van der Waals surface area (Å²) >= 11 is 0. The first-order valence-corrected chi connectivity index (χ1v) is 6.53. The summed E-state index contributed by atoms with van der Waals surface area (Å²) in [6.45, 7) is 8.47. The van der Waals surface area contributed by atoms with E-state index in [0.29, 0.717) is 0 Å². The first kappa shape index (κ1) is 13.7. The van der Waals surface area contributed by atoms with Crippen molar-refractivity contribution in [2.45, 2.75) is 40.0 Å². The Labute approximate surface area is 104 Å². The molecule has 0 saturated heterocycles. The summed E-state index contributed by atoms with van der Waals surface area (Å²) in [7, 11) is 2.09. The first-order chi connectivity index (χ1) is 8.24. The molecule has 0 aliphatic carbocycles. The summed E-state index contributed by atoms with van der Waals surface area (Å²) in [6.07, 6.45) is 4.84. The average Bonchev–Trinajstić information content (AvgIpc) is 2.36. The van der Waals surface area contributed by atoms with Crippen LogP contribution in [0.2, 0.25) is 0 Å². The molecule has 17 heavy (non-hydrogen) atoms. The average molecular weight is 236 g/mol. The molecule has 0 fully saturated rings. The second kappa shape index (κ2) is 7.09. The van der Waals surface area contributed by atoms with Crippen molar-refractivity contribution in [1.82, 2.24) is 9.97 Å². The highest BCUT2D eigenvalue weighted by molar-refractivity contribution is 5.58. The van der Waals surface area contributed by atoms with Crippen molar-refractivity contribution in [3.63, 3.8) is 0 Å². The van der Waals surface area contributed by atoms with Gasteiger partial charge in [-0.2, -0.15) is 0 Å². The van der Waals surface area contributed by atoms with Crippen LogP contribution < -0.4 is 10.2 Å². The maximum absolute atomic E-state index is 4.41. The lowest BCUT2D eigenvalue weighted by Crippen LogP contribution is -2.21. The van der Waals surface area contributed by atoms with Crippen LogP contribution in [0.4, 0.5) is 11.6 Å². The maximum atomic E-state index is 4.41. The molecular weight excluding hydrogens is 212 g/mol. The number of aromatic nitrogens is 2. The van der Waals surface area contributed by atoms with Gasteiger partial charge in [0.25, 0.3) is 0 Å². The zero-order valence-electron chi connectivity index (χ0n) is 11.5. The van der Waals surface area contributed by atoms with Crippen LogP contribution in [0.15, 0.2) is 6.33 Å². The Morgan fingerprint density at radius 1 is 1.18 bits per heavy atom. The molecule has 0 saturated carbocycles. The molecule has 1 heterocycles. The summed E-state index contributed by atoms with van der Waals surface area (Å²) < 4.78 is 0. The van der Waals surface area contributed by atoms with Gasteiger partial charge in [0.2, 0.25) is 0 Å². The predicted molar refractivity (Wildman–Crippen MR) is 73.8 cm³/mol. The monoisotopic (exact) mass is 236 g/mol. The largest absolute Gasteiger partial charge is 0.370 e. The maximum Gasteiger partial charge on any atom is 0.137 e. The van der Waals surface area contributed by atoms with Gasteiger partial charge in [0, 0.05) is 25.7 Å². The summed E-state index contributed by atoms with van der Waals surface area (Å²) in [4.78, 5) is 11.0. The van der Waals surface area contributed by atoms with Gasteiger partial charge < -0.3 is 10.2 Å². The summed E-state index contributed by atoms with van der Waals surface area (Å²) in [5.41, 5.74) is 1.22.